The Hall–Kier alpha value is -3.92. The molecule has 0 saturated carbocycles. The van der Waals surface area contributed by atoms with Crippen LogP contribution < -0.4 is 0 Å². The highest BCUT2D eigenvalue weighted by Gasteiger charge is 2.32. The van der Waals surface area contributed by atoms with E-state index in [2.05, 4.69) is 0 Å². The van der Waals surface area contributed by atoms with Gasteiger partial charge in [-0.1, -0.05) is 89.5 Å². The molecule has 0 aliphatic carbocycles. The van der Waals surface area contributed by atoms with Crippen molar-refractivity contribution in [1.82, 2.24) is 0 Å². The highest BCUT2D eigenvalue weighted by molar-refractivity contribution is 6.19. The first-order chi connectivity index (χ1) is 15.4. The van der Waals surface area contributed by atoms with Crippen LogP contribution in [-0.4, -0.2) is 18.9 Å². The first kappa shape index (κ1) is 21.3. The summed E-state index contributed by atoms with van der Waals surface area (Å²) in [7, 11) is 1.31. The summed E-state index contributed by atoms with van der Waals surface area (Å²) in [5, 5.41) is 0. The first-order valence-corrected chi connectivity index (χ1v) is 10.4. The van der Waals surface area contributed by atoms with Crippen molar-refractivity contribution in [2.45, 2.75) is 20.8 Å². The molecule has 0 radical (unpaired) electrons. The van der Waals surface area contributed by atoms with Crippen molar-refractivity contribution in [2.75, 3.05) is 7.11 Å². The van der Waals surface area contributed by atoms with Crippen LogP contribution in [0.3, 0.4) is 0 Å². The second kappa shape index (κ2) is 8.67. The summed E-state index contributed by atoms with van der Waals surface area (Å²) in [5.74, 6) is -0.226. The second-order valence-electron chi connectivity index (χ2n) is 7.93. The van der Waals surface area contributed by atoms with Crippen LogP contribution in [0.15, 0.2) is 77.2 Å². The monoisotopic (exact) mass is 424 g/mol. The lowest BCUT2D eigenvalue weighted by molar-refractivity contribution is 0.0598. The van der Waals surface area contributed by atoms with Crippen molar-refractivity contribution in [2.24, 2.45) is 0 Å². The molecule has 0 amide bonds. The van der Waals surface area contributed by atoms with Crippen molar-refractivity contribution in [1.29, 1.82) is 0 Å². The summed E-state index contributed by atoms with van der Waals surface area (Å²) in [6.07, 6.45) is 0. The largest absolute Gasteiger partial charge is 0.465 e. The number of hydrogen-bond donors (Lipinski definition) is 0. The number of esters is 1. The van der Waals surface area contributed by atoms with Gasteiger partial charge in [0.25, 0.3) is 0 Å². The Morgan fingerprint density at radius 1 is 0.625 bits per heavy atom. The Kier molecular flexibility index (Phi) is 5.78. The lowest BCUT2D eigenvalue weighted by Gasteiger charge is -2.06. The van der Waals surface area contributed by atoms with E-state index >= 15 is 0 Å². The van der Waals surface area contributed by atoms with E-state index in [1.807, 2.05) is 81.4 Å². The second-order valence-corrected chi connectivity index (χ2v) is 7.93. The fraction of sp³-hybridized carbons (Fsp3) is 0.143. The number of aryl methyl sites for hydroxylation is 3. The van der Waals surface area contributed by atoms with Gasteiger partial charge < -0.3 is 9.15 Å². The normalized spacial score (nSPS) is 10.8. The van der Waals surface area contributed by atoms with Crippen molar-refractivity contribution in [3.05, 3.63) is 106 Å². The van der Waals surface area contributed by atoms with E-state index in [0.29, 0.717) is 22.6 Å². The van der Waals surface area contributed by atoms with E-state index in [1.54, 1.807) is 12.1 Å². The zero-order chi connectivity index (χ0) is 22.8. The lowest BCUT2D eigenvalue weighted by atomic mass is 9.94. The molecule has 0 aliphatic heterocycles. The Balaban J connectivity index is 2.02. The third kappa shape index (κ3) is 4.00. The molecule has 4 nitrogen and oxygen atoms in total. The van der Waals surface area contributed by atoms with Crippen LogP contribution in [0.25, 0.3) is 22.6 Å². The van der Waals surface area contributed by atoms with Gasteiger partial charge in [0, 0.05) is 16.7 Å². The molecule has 4 aromatic rings. The number of furan rings is 1. The molecule has 0 fully saturated rings. The van der Waals surface area contributed by atoms with Gasteiger partial charge in [0.1, 0.15) is 17.1 Å². The van der Waals surface area contributed by atoms with Gasteiger partial charge in [0.2, 0.25) is 0 Å². The van der Waals surface area contributed by atoms with Gasteiger partial charge >= 0.3 is 5.97 Å². The first-order valence-electron chi connectivity index (χ1n) is 10.4. The maximum absolute atomic E-state index is 13.7. The number of ketones is 1. The zero-order valence-corrected chi connectivity index (χ0v) is 18.6. The van der Waals surface area contributed by atoms with Crippen LogP contribution in [0, 0.1) is 20.8 Å². The number of hydrogen-bond acceptors (Lipinski definition) is 4. The van der Waals surface area contributed by atoms with E-state index in [9.17, 15) is 9.59 Å². The maximum Gasteiger partial charge on any atom is 0.342 e. The fourth-order valence-electron chi connectivity index (χ4n) is 3.61. The summed E-state index contributed by atoms with van der Waals surface area (Å²) >= 11 is 0. The molecule has 0 spiro atoms. The molecule has 1 aromatic heterocycles. The highest BCUT2D eigenvalue weighted by atomic mass is 16.5. The molecule has 3 aromatic carbocycles. The highest BCUT2D eigenvalue weighted by Crippen LogP contribution is 2.39. The number of carbonyl (C=O) groups is 2. The van der Waals surface area contributed by atoms with Crippen molar-refractivity contribution < 1.29 is 18.7 Å². The van der Waals surface area contributed by atoms with Crippen molar-refractivity contribution in [3.8, 4) is 22.6 Å². The molecule has 4 heteroatoms. The van der Waals surface area contributed by atoms with Crippen LogP contribution in [0.1, 0.15) is 43.0 Å². The topological polar surface area (TPSA) is 56.5 Å². The average Bonchev–Trinajstić information content (AvgIpc) is 3.20. The molecule has 1 heterocycles. The average molecular weight is 424 g/mol. The Labute approximate surface area is 187 Å². The summed E-state index contributed by atoms with van der Waals surface area (Å²) in [6.45, 7) is 5.93. The molecular weight excluding hydrogens is 400 g/mol. The van der Waals surface area contributed by atoms with Gasteiger partial charge in [-0.2, -0.15) is 0 Å². The lowest BCUT2D eigenvalue weighted by Crippen LogP contribution is -2.11. The fourth-order valence-corrected chi connectivity index (χ4v) is 3.61. The summed E-state index contributed by atoms with van der Waals surface area (Å²) in [5.41, 5.74) is 5.44. The summed E-state index contributed by atoms with van der Waals surface area (Å²) < 4.78 is 11.4. The van der Waals surface area contributed by atoms with E-state index in [4.69, 9.17) is 9.15 Å². The molecule has 0 aliphatic rings. The van der Waals surface area contributed by atoms with Crippen molar-refractivity contribution >= 4 is 11.8 Å². The molecular formula is C28H24O4. The van der Waals surface area contributed by atoms with Crippen LogP contribution >= 0.6 is 0 Å². The smallest absolute Gasteiger partial charge is 0.342 e. The van der Waals surface area contributed by atoms with Crippen LogP contribution in [0.2, 0.25) is 0 Å². The zero-order valence-electron chi connectivity index (χ0n) is 18.6. The molecule has 32 heavy (non-hydrogen) atoms. The predicted octanol–water partition coefficient (Wildman–Crippen LogP) is 6.56. The quantitative estimate of drug-likeness (QED) is 0.269. The van der Waals surface area contributed by atoms with Gasteiger partial charge in [-0.3, -0.25) is 4.79 Å². The minimum absolute atomic E-state index is 0.137. The minimum Gasteiger partial charge on any atom is -0.465 e. The van der Waals surface area contributed by atoms with E-state index in [0.717, 1.165) is 22.3 Å². The molecule has 0 unspecified atom stereocenters. The van der Waals surface area contributed by atoms with Gasteiger partial charge in [-0.05, 0) is 20.8 Å². The number of rotatable bonds is 5. The number of methoxy groups -OCH3 is 1. The molecule has 0 atom stereocenters. The number of benzene rings is 3. The van der Waals surface area contributed by atoms with Crippen molar-refractivity contribution in [3.63, 3.8) is 0 Å². The van der Waals surface area contributed by atoms with Crippen LogP contribution in [0.5, 0.6) is 0 Å². The SMILES string of the molecule is COC(=O)c1c(-c2ccc(C)cc2)oc(-c2ccc(C)cc2)c1C(=O)c1ccc(C)cc1. The summed E-state index contributed by atoms with van der Waals surface area (Å²) in [6, 6.07) is 22.6. The molecule has 0 saturated heterocycles. The van der Waals surface area contributed by atoms with Gasteiger partial charge in [0.05, 0.1) is 12.7 Å². The van der Waals surface area contributed by atoms with Crippen LogP contribution in [0.4, 0.5) is 0 Å². The summed E-state index contributed by atoms with van der Waals surface area (Å²) in [4.78, 5) is 26.6. The molecule has 0 bridgehead atoms. The Bertz CT molecular complexity index is 1280. The predicted molar refractivity (Wildman–Crippen MR) is 125 cm³/mol. The molecule has 4 rings (SSSR count). The standard InChI is InChI=1S/C28H24O4/c1-17-5-11-20(12-6-17)25(29)23-24(28(30)31-4)27(22-15-9-19(3)10-16-22)32-26(23)21-13-7-18(2)8-14-21/h5-16H,1-4H3. The molecule has 160 valence electrons. The maximum atomic E-state index is 13.7. The Morgan fingerprint density at radius 2 is 1.03 bits per heavy atom. The number of ether oxygens (including phenoxy) is 1. The number of carbonyl (C=O) groups excluding carboxylic acids is 2. The van der Waals surface area contributed by atoms with Gasteiger partial charge in [-0.15, -0.1) is 0 Å². The minimum atomic E-state index is -0.613. The van der Waals surface area contributed by atoms with Gasteiger partial charge in [0.15, 0.2) is 5.78 Å². The van der Waals surface area contributed by atoms with E-state index in [-0.39, 0.29) is 16.9 Å². The molecule has 0 N–H and O–H groups in total. The van der Waals surface area contributed by atoms with E-state index < -0.39 is 5.97 Å². The van der Waals surface area contributed by atoms with Crippen LogP contribution in [-0.2, 0) is 4.74 Å². The Morgan fingerprint density at radius 3 is 1.47 bits per heavy atom. The van der Waals surface area contributed by atoms with Gasteiger partial charge in [-0.25, -0.2) is 4.79 Å². The third-order valence-corrected chi connectivity index (χ3v) is 5.47. The third-order valence-electron chi connectivity index (χ3n) is 5.47. The van der Waals surface area contributed by atoms with E-state index in [1.165, 1.54) is 7.11 Å².